The summed E-state index contributed by atoms with van der Waals surface area (Å²) in [6.07, 6.45) is 0.222. The molecule has 1 atom stereocenters. The van der Waals surface area contributed by atoms with Crippen molar-refractivity contribution in [1.82, 2.24) is 0 Å². The van der Waals surface area contributed by atoms with E-state index in [9.17, 15) is 22.8 Å². The van der Waals surface area contributed by atoms with E-state index in [1.54, 1.807) is 0 Å². The van der Waals surface area contributed by atoms with E-state index in [1.165, 1.54) is 0 Å². The second-order valence-corrected chi connectivity index (χ2v) is 8.03. The highest BCUT2D eigenvalue weighted by Gasteiger charge is 2.56. The van der Waals surface area contributed by atoms with Gasteiger partial charge in [0, 0.05) is 5.69 Å². The van der Waals surface area contributed by atoms with Crippen LogP contribution in [0.2, 0.25) is 5.02 Å². The average molecular weight is 453 g/mol. The van der Waals surface area contributed by atoms with Crippen LogP contribution in [0.5, 0.6) is 0 Å². The summed E-state index contributed by atoms with van der Waals surface area (Å²) in [4.78, 5) is 24.4. The molecule has 148 valence electrons. The van der Waals surface area contributed by atoms with Crippen LogP contribution in [0.3, 0.4) is 0 Å². The second kappa shape index (κ2) is 7.35. The van der Waals surface area contributed by atoms with Gasteiger partial charge in [0.15, 0.2) is 5.82 Å². The summed E-state index contributed by atoms with van der Waals surface area (Å²) in [5.41, 5.74) is 3.56. The maximum atomic E-state index is 14.1. The summed E-state index contributed by atoms with van der Waals surface area (Å²) in [6, 6.07) is 3.76. The topological polar surface area (TPSA) is 84.2 Å². The van der Waals surface area contributed by atoms with Crippen LogP contribution in [0, 0.1) is 23.4 Å². The first-order chi connectivity index (χ1) is 13.0. The minimum absolute atomic E-state index is 0.110. The van der Waals surface area contributed by atoms with Gasteiger partial charge in [-0.2, -0.15) is 0 Å². The third-order valence-corrected chi connectivity index (χ3v) is 5.26. The number of hydrogen-bond acceptors (Lipinski definition) is 3. The minimum atomic E-state index is -1.20. The molecule has 11 heteroatoms. The summed E-state index contributed by atoms with van der Waals surface area (Å²) < 4.78 is 40.7. The number of carbonyl (C=O) groups excluding carboxylic acids is 2. The Labute approximate surface area is 171 Å². The Morgan fingerprint density at radius 1 is 1.11 bits per heavy atom. The lowest BCUT2D eigenvalue weighted by Gasteiger charge is -2.12. The van der Waals surface area contributed by atoms with Crippen LogP contribution in [-0.4, -0.2) is 16.1 Å². The van der Waals surface area contributed by atoms with Crippen molar-refractivity contribution in [3.8, 4) is 0 Å². The Morgan fingerprint density at radius 3 is 2.36 bits per heavy atom. The van der Waals surface area contributed by atoms with Crippen LogP contribution in [0.25, 0.3) is 0 Å². The van der Waals surface area contributed by atoms with Crippen molar-refractivity contribution >= 4 is 63.7 Å². The van der Waals surface area contributed by atoms with Gasteiger partial charge in [0.25, 0.3) is 5.91 Å². The summed E-state index contributed by atoms with van der Waals surface area (Å²) in [5.74, 6) is -5.69. The fraction of sp³-hybridized carbons (Fsp3) is 0.176. The number of halogens is 6. The molecule has 1 saturated carbocycles. The van der Waals surface area contributed by atoms with E-state index in [4.69, 9.17) is 40.5 Å². The quantitative estimate of drug-likeness (QED) is 0.463. The monoisotopic (exact) mass is 451 g/mol. The van der Waals surface area contributed by atoms with Gasteiger partial charge in [0.1, 0.15) is 21.7 Å². The Morgan fingerprint density at radius 2 is 1.75 bits per heavy atom. The Kier molecular flexibility index (Phi) is 5.40. The van der Waals surface area contributed by atoms with Gasteiger partial charge in [-0.25, -0.2) is 13.2 Å². The Balaban J connectivity index is 1.87. The second-order valence-electron chi connectivity index (χ2n) is 6.11. The number of nitrogen functional groups attached to an aromatic ring is 1. The lowest BCUT2D eigenvalue weighted by atomic mass is 10.1. The first-order valence-electron chi connectivity index (χ1n) is 7.74. The van der Waals surface area contributed by atoms with Gasteiger partial charge >= 0.3 is 0 Å². The number of benzene rings is 2. The van der Waals surface area contributed by atoms with Gasteiger partial charge in [-0.05, 0) is 30.7 Å². The van der Waals surface area contributed by atoms with Gasteiger partial charge < -0.3 is 16.4 Å². The predicted octanol–water partition coefficient (Wildman–Crippen LogP) is 4.72. The number of nitrogens with two attached hydrogens (primary N) is 1. The highest BCUT2D eigenvalue weighted by atomic mass is 35.5. The third-order valence-electron chi connectivity index (χ3n) is 4.04. The molecular weight excluding hydrogens is 442 g/mol. The van der Waals surface area contributed by atoms with Crippen LogP contribution in [0.15, 0.2) is 24.3 Å². The zero-order valence-electron chi connectivity index (χ0n) is 13.8. The molecule has 1 fully saturated rings. The molecule has 0 heterocycles. The molecule has 0 spiro atoms. The summed E-state index contributed by atoms with van der Waals surface area (Å²) in [5, 5.41) is 3.72. The van der Waals surface area contributed by atoms with Crippen molar-refractivity contribution in [3.63, 3.8) is 0 Å². The molecule has 0 radical (unpaired) electrons. The van der Waals surface area contributed by atoms with Gasteiger partial charge in [-0.3, -0.25) is 9.59 Å². The van der Waals surface area contributed by atoms with Crippen LogP contribution < -0.4 is 16.4 Å². The van der Waals surface area contributed by atoms with E-state index < -0.39 is 61.5 Å². The van der Waals surface area contributed by atoms with E-state index in [1.807, 2.05) is 5.32 Å². The fourth-order valence-corrected chi connectivity index (χ4v) is 3.12. The van der Waals surface area contributed by atoms with Crippen molar-refractivity contribution in [3.05, 3.63) is 52.3 Å². The fourth-order valence-electron chi connectivity index (χ4n) is 2.42. The molecule has 28 heavy (non-hydrogen) atoms. The molecule has 0 aromatic heterocycles. The maximum Gasteiger partial charge on any atom is 0.257 e. The van der Waals surface area contributed by atoms with Crippen molar-refractivity contribution in [2.75, 3.05) is 16.4 Å². The normalized spacial score (nSPS) is 17.1. The number of rotatable bonds is 4. The van der Waals surface area contributed by atoms with Crippen molar-refractivity contribution in [2.24, 2.45) is 5.92 Å². The van der Waals surface area contributed by atoms with Gasteiger partial charge in [0.2, 0.25) is 5.91 Å². The number of amides is 2. The lowest BCUT2D eigenvalue weighted by Crippen LogP contribution is -2.19. The lowest BCUT2D eigenvalue weighted by molar-refractivity contribution is -0.117. The molecule has 2 amide bonds. The van der Waals surface area contributed by atoms with E-state index in [0.717, 1.165) is 24.3 Å². The van der Waals surface area contributed by atoms with E-state index in [-0.39, 0.29) is 12.1 Å². The summed E-state index contributed by atoms with van der Waals surface area (Å²) >= 11 is 17.4. The Bertz CT molecular complexity index is 1000. The molecule has 1 aliphatic carbocycles. The van der Waals surface area contributed by atoms with Crippen LogP contribution in [0.4, 0.5) is 30.2 Å². The molecule has 0 saturated heterocycles. The zero-order valence-corrected chi connectivity index (χ0v) is 16.0. The first kappa shape index (κ1) is 20.6. The minimum Gasteiger partial charge on any atom is -0.396 e. The molecule has 1 unspecified atom stereocenters. The SMILES string of the molecule is Nc1ccc(F)c(NC(=O)c2cc(NC(=O)C3CC3(Cl)Cl)cc(F)c2Cl)c1F. The molecule has 0 bridgehead atoms. The van der Waals surface area contributed by atoms with Crippen molar-refractivity contribution in [1.29, 1.82) is 0 Å². The van der Waals surface area contributed by atoms with Crippen molar-refractivity contribution < 1.29 is 22.8 Å². The van der Waals surface area contributed by atoms with Crippen LogP contribution in [-0.2, 0) is 4.79 Å². The van der Waals surface area contributed by atoms with Crippen LogP contribution in [0.1, 0.15) is 16.8 Å². The average Bonchev–Trinajstić information content (AvgIpc) is 3.26. The van der Waals surface area contributed by atoms with Gasteiger partial charge in [-0.15, -0.1) is 23.2 Å². The maximum absolute atomic E-state index is 14.1. The highest BCUT2D eigenvalue weighted by Crippen LogP contribution is 2.53. The largest absolute Gasteiger partial charge is 0.396 e. The number of alkyl halides is 2. The standard InChI is InChI=1S/C17H11Cl3F3N3O2/c18-12-7(15(27)26-14-9(21)1-2-11(24)13(14)23)3-6(4-10(12)22)25-16(28)8-5-17(8,19)20/h1-4,8H,5,24H2,(H,25,28)(H,26,27). The molecule has 3 rings (SSSR count). The van der Waals surface area contributed by atoms with Crippen molar-refractivity contribution in [2.45, 2.75) is 10.8 Å². The van der Waals surface area contributed by atoms with E-state index in [0.29, 0.717) is 0 Å². The number of carbonyl (C=O) groups is 2. The van der Waals surface area contributed by atoms with Gasteiger partial charge in [0.05, 0.1) is 22.2 Å². The predicted molar refractivity (Wildman–Crippen MR) is 101 cm³/mol. The van der Waals surface area contributed by atoms with Crippen LogP contribution >= 0.6 is 34.8 Å². The smallest absolute Gasteiger partial charge is 0.257 e. The van der Waals surface area contributed by atoms with E-state index >= 15 is 0 Å². The first-order valence-corrected chi connectivity index (χ1v) is 8.87. The number of anilines is 3. The Hall–Kier alpha value is -2.16. The number of nitrogens with one attached hydrogen (secondary N) is 2. The number of hydrogen-bond donors (Lipinski definition) is 3. The summed E-state index contributed by atoms with van der Waals surface area (Å²) in [6.45, 7) is 0. The molecular formula is C17H11Cl3F3N3O2. The molecule has 2 aromatic rings. The molecule has 5 nitrogen and oxygen atoms in total. The molecule has 2 aromatic carbocycles. The van der Waals surface area contributed by atoms with E-state index in [2.05, 4.69) is 5.32 Å². The molecule has 1 aliphatic rings. The zero-order chi connectivity index (χ0) is 20.8. The third kappa shape index (κ3) is 3.99. The molecule has 0 aliphatic heterocycles. The summed E-state index contributed by atoms with van der Waals surface area (Å²) in [7, 11) is 0. The van der Waals surface area contributed by atoms with Gasteiger partial charge in [-0.1, -0.05) is 11.6 Å². The molecule has 4 N–H and O–H groups in total. The highest BCUT2D eigenvalue weighted by molar-refractivity contribution is 6.52.